The van der Waals surface area contributed by atoms with Crippen molar-refractivity contribution in [2.45, 2.75) is 45.3 Å². The Kier molecular flexibility index (Phi) is 5.50. The number of hydrogen-bond donors (Lipinski definition) is 1. The maximum Gasteiger partial charge on any atom is 0.410 e. The number of hydrogen-bond acceptors (Lipinski definition) is 3. The lowest BCUT2D eigenvalue weighted by Gasteiger charge is -2.25. The fourth-order valence-corrected chi connectivity index (χ4v) is 2.95. The fraction of sp³-hybridized carbons (Fsp3) is 0.588. The minimum atomic E-state index is -0.450. The summed E-state index contributed by atoms with van der Waals surface area (Å²) in [6, 6.07) is 8.30. The third-order valence-corrected chi connectivity index (χ3v) is 4.40. The highest BCUT2D eigenvalue weighted by molar-refractivity contribution is 9.10. The lowest BCUT2D eigenvalue weighted by molar-refractivity contribution is 0.0286. The minimum absolute atomic E-state index is 0.0635. The van der Waals surface area contributed by atoms with Crippen LogP contribution in [0.1, 0.15) is 32.8 Å². The number of amides is 1. The molecule has 1 saturated heterocycles. The van der Waals surface area contributed by atoms with Crippen LogP contribution in [-0.2, 0) is 11.2 Å². The quantitative estimate of drug-likeness (QED) is 0.886. The molecule has 2 atom stereocenters. The van der Waals surface area contributed by atoms with Gasteiger partial charge in [-0.2, -0.15) is 0 Å². The summed E-state index contributed by atoms with van der Waals surface area (Å²) in [6.45, 7) is 7.08. The summed E-state index contributed by atoms with van der Waals surface area (Å²) in [5.41, 5.74) is 7.13. The standard InChI is InChI=1S/C17H25BrN2O2/c1-17(2,3)22-16(21)20-9-8-13(11-20)15(19)10-12-4-6-14(18)7-5-12/h4-7,13,15H,8-11,19H2,1-3H3. The summed E-state index contributed by atoms with van der Waals surface area (Å²) in [6.07, 6.45) is 1.54. The Morgan fingerprint density at radius 1 is 1.41 bits per heavy atom. The van der Waals surface area contributed by atoms with Gasteiger partial charge in [-0.25, -0.2) is 4.79 Å². The predicted molar refractivity (Wildman–Crippen MR) is 91.7 cm³/mol. The van der Waals surface area contributed by atoms with E-state index in [1.165, 1.54) is 5.56 Å². The zero-order valence-corrected chi connectivity index (χ0v) is 15.1. The monoisotopic (exact) mass is 368 g/mol. The van der Waals surface area contributed by atoms with Gasteiger partial charge < -0.3 is 15.4 Å². The van der Waals surface area contributed by atoms with Crippen LogP contribution < -0.4 is 5.73 Å². The molecule has 1 aromatic rings. The van der Waals surface area contributed by atoms with E-state index in [9.17, 15) is 4.79 Å². The predicted octanol–water partition coefficient (Wildman–Crippen LogP) is 3.58. The summed E-state index contributed by atoms with van der Waals surface area (Å²) in [5.74, 6) is 0.330. The van der Waals surface area contributed by atoms with Crippen molar-refractivity contribution in [1.82, 2.24) is 4.90 Å². The van der Waals surface area contributed by atoms with Crippen LogP contribution in [-0.4, -0.2) is 35.7 Å². The highest BCUT2D eigenvalue weighted by Gasteiger charge is 2.32. The summed E-state index contributed by atoms with van der Waals surface area (Å²) in [4.78, 5) is 13.9. The van der Waals surface area contributed by atoms with Gasteiger partial charge in [0.15, 0.2) is 0 Å². The zero-order valence-electron chi connectivity index (χ0n) is 13.5. The zero-order chi connectivity index (χ0) is 16.3. The molecule has 4 nitrogen and oxygen atoms in total. The number of benzene rings is 1. The maximum absolute atomic E-state index is 12.1. The van der Waals surface area contributed by atoms with Gasteiger partial charge in [-0.1, -0.05) is 28.1 Å². The third kappa shape index (κ3) is 4.99. The van der Waals surface area contributed by atoms with Gasteiger partial charge in [0.05, 0.1) is 0 Å². The van der Waals surface area contributed by atoms with E-state index >= 15 is 0 Å². The highest BCUT2D eigenvalue weighted by Crippen LogP contribution is 2.23. The largest absolute Gasteiger partial charge is 0.444 e. The summed E-state index contributed by atoms with van der Waals surface area (Å²) in [7, 11) is 0. The molecule has 1 aliphatic heterocycles. The molecule has 1 amide bonds. The molecule has 0 radical (unpaired) electrons. The number of nitrogens with two attached hydrogens (primary N) is 1. The number of carbonyl (C=O) groups is 1. The van der Waals surface area contributed by atoms with E-state index < -0.39 is 5.60 Å². The van der Waals surface area contributed by atoms with Crippen LogP contribution in [0.5, 0.6) is 0 Å². The Morgan fingerprint density at radius 3 is 2.64 bits per heavy atom. The van der Waals surface area contributed by atoms with Gasteiger partial charge in [0.2, 0.25) is 0 Å². The number of carbonyl (C=O) groups excluding carboxylic acids is 1. The van der Waals surface area contributed by atoms with E-state index in [1.807, 2.05) is 32.9 Å². The van der Waals surface area contributed by atoms with Crippen molar-refractivity contribution >= 4 is 22.0 Å². The second-order valence-corrected chi connectivity index (χ2v) is 7.89. The average molecular weight is 369 g/mol. The van der Waals surface area contributed by atoms with E-state index in [4.69, 9.17) is 10.5 Å². The Hall–Kier alpha value is -1.07. The molecule has 2 unspecified atom stereocenters. The van der Waals surface area contributed by atoms with Crippen molar-refractivity contribution in [2.24, 2.45) is 11.7 Å². The van der Waals surface area contributed by atoms with Gasteiger partial charge in [-0.05, 0) is 57.2 Å². The van der Waals surface area contributed by atoms with Crippen molar-refractivity contribution in [2.75, 3.05) is 13.1 Å². The first kappa shape index (κ1) is 17.3. The molecular formula is C17H25BrN2O2. The Labute approximate surface area is 141 Å². The smallest absolute Gasteiger partial charge is 0.410 e. The molecule has 22 heavy (non-hydrogen) atoms. The first-order valence-corrected chi connectivity index (χ1v) is 8.52. The first-order chi connectivity index (χ1) is 10.2. The van der Waals surface area contributed by atoms with Crippen LogP contribution in [0, 0.1) is 5.92 Å². The first-order valence-electron chi connectivity index (χ1n) is 7.72. The van der Waals surface area contributed by atoms with Gasteiger partial charge in [0.1, 0.15) is 5.60 Å². The topological polar surface area (TPSA) is 55.6 Å². The lowest BCUT2D eigenvalue weighted by atomic mass is 9.94. The van der Waals surface area contributed by atoms with Crippen molar-refractivity contribution in [3.63, 3.8) is 0 Å². The van der Waals surface area contributed by atoms with Crippen LogP contribution in [0.4, 0.5) is 4.79 Å². The molecule has 1 heterocycles. The van der Waals surface area contributed by atoms with Crippen LogP contribution in [0.2, 0.25) is 0 Å². The second kappa shape index (κ2) is 7.01. The second-order valence-electron chi connectivity index (χ2n) is 6.97. The van der Waals surface area contributed by atoms with Crippen LogP contribution in [0.3, 0.4) is 0 Å². The van der Waals surface area contributed by atoms with Crippen LogP contribution >= 0.6 is 15.9 Å². The molecule has 0 aromatic heterocycles. The summed E-state index contributed by atoms with van der Waals surface area (Å²) in [5, 5.41) is 0. The molecule has 0 aliphatic carbocycles. The van der Waals surface area contributed by atoms with Crippen molar-refractivity contribution in [3.8, 4) is 0 Å². The summed E-state index contributed by atoms with van der Waals surface area (Å²) < 4.78 is 6.49. The average Bonchev–Trinajstić information content (AvgIpc) is 2.89. The Bertz CT molecular complexity index is 510. The van der Waals surface area contributed by atoms with E-state index in [0.717, 1.165) is 23.9 Å². The number of likely N-dealkylation sites (tertiary alicyclic amines) is 1. The molecule has 1 aromatic carbocycles. The van der Waals surface area contributed by atoms with Crippen molar-refractivity contribution < 1.29 is 9.53 Å². The molecule has 0 bridgehead atoms. The normalized spacial score (nSPS) is 20.0. The highest BCUT2D eigenvalue weighted by atomic mass is 79.9. The van der Waals surface area contributed by atoms with E-state index in [-0.39, 0.29) is 12.1 Å². The van der Waals surface area contributed by atoms with Crippen LogP contribution in [0.25, 0.3) is 0 Å². The number of ether oxygens (including phenoxy) is 1. The van der Waals surface area contributed by atoms with E-state index in [1.54, 1.807) is 4.90 Å². The van der Waals surface area contributed by atoms with Gasteiger partial charge in [0.25, 0.3) is 0 Å². The lowest BCUT2D eigenvalue weighted by Crippen LogP contribution is -2.38. The van der Waals surface area contributed by atoms with Crippen LogP contribution in [0.15, 0.2) is 28.7 Å². The number of nitrogens with zero attached hydrogens (tertiary/aromatic N) is 1. The van der Waals surface area contributed by atoms with Gasteiger partial charge in [0, 0.05) is 23.6 Å². The number of rotatable bonds is 3. The third-order valence-electron chi connectivity index (χ3n) is 3.87. The molecule has 0 spiro atoms. The molecule has 5 heteroatoms. The molecule has 0 saturated carbocycles. The Balaban J connectivity index is 1.87. The van der Waals surface area contributed by atoms with E-state index in [0.29, 0.717) is 12.5 Å². The van der Waals surface area contributed by atoms with E-state index in [2.05, 4.69) is 28.1 Å². The summed E-state index contributed by atoms with van der Waals surface area (Å²) >= 11 is 3.44. The minimum Gasteiger partial charge on any atom is -0.444 e. The molecule has 2 N–H and O–H groups in total. The number of halogens is 1. The molecule has 1 fully saturated rings. The molecule has 122 valence electrons. The Morgan fingerprint density at radius 2 is 2.05 bits per heavy atom. The van der Waals surface area contributed by atoms with Gasteiger partial charge in [-0.15, -0.1) is 0 Å². The van der Waals surface area contributed by atoms with Crippen molar-refractivity contribution in [3.05, 3.63) is 34.3 Å². The van der Waals surface area contributed by atoms with Crippen molar-refractivity contribution in [1.29, 1.82) is 0 Å². The SMILES string of the molecule is CC(C)(C)OC(=O)N1CCC(C(N)Cc2ccc(Br)cc2)C1. The molecular weight excluding hydrogens is 344 g/mol. The van der Waals surface area contributed by atoms with Gasteiger partial charge >= 0.3 is 6.09 Å². The molecule has 1 aliphatic rings. The molecule has 2 rings (SSSR count). The fourth-order valence-electron chi connectivity index (χ4n) is 2.69. The maximum atomic E-state index is 12.1. The van der Waals surface area contributed by atoms with Gasteiger partial charge in [-0.3, -0.25) is 0 Å².